The van der Waals surface area contributed by atoms with Crippen molar-refractivity contribution in [2.24, 2.45) is 0 Å². The number of hydrogen-bond acceptors (Lipinski definition) is 2. The van der Waals surface area contributed by atoms with E-state index in [1.165, 1.54) is 60.0 Å². The average molecular weight is 688 g/mol. The van der Waals surface area contributed by atoms with Crippen molar-refractivity contribution in [1.82, 2.24) is 0 Å². The second kappa shape index (κ2) is 12.2. The van der Waals surface area contributed by atoms with Gasteiger partial charge in [-0.25, -0.2) is 0 Å². The minimum absolute atomic E-state index is 0.913. The molecule has 1 aromatic heterocycles. The van der Waals surface area contributed by atoms with Gasteiger partial charge in [-0.1, -0.05) is 140 Å². The Morgan fingerprint density at radius 3 is 1.65 bits per heavy atom. The summed E-state index contributed by atoms with van der Waals surface area (Å²) in [5.41, 5.74) is 9.91. The SMILES string of the molecule is c1ccc(-c2ccc(N(c3ccc(-c4ccc5c(ccc6ccc7ccccc7c65)c4)cc3)c3ccc4cc5oc6ccccc6c5cc4c3)cc2)cc1. The van der Waals surface area contributed by atoms with Gasteiger partial charge in [0.15, 0.2) is 0 Å². The lowest BCUT2D eigenvalue weighted by atomic mass is 9.94. The van der Waals surface area contributed by atoms with E-state index in [-0.39, 0.29) is 0 Å². The highest BCUT2D eigenvalue weighted by molar-refractivity contribution is 6.20. The Bertz CT molecular complexity index is 3190. The number of rotatable bonds is 5. The van der Waals surface area contributed by atoms with Gasteiger partial charge in [0.2, 0.25) is 0 Å². The van der Waals surface area contributed by atoms with Gasteiger partial charge >= 0.3 is 0 Å². The van der Waals surface area contributed by atoms with Crippen LogP contribution in [0, 0.1) is 0 Å². The van der Waals surface area contributed by atoms with Gasteiger partial charge in [-0.05, 0) is 126 Å². The van der Waals surface area contributed by atoms with E-state index in [2.05, 4.69) is 193 Å². The summed E-state index contributed by atoms with van der Waals surface area (Å²) < 4.78 is 6.22. The van der Waals surface area contributed by atoms with Crippen LogP contribution in [0.5, 0.6) is 0 Å². The van der Waals surface area contributed by atoms with Gasteiger partial charge in [-0.3, -0.25) is 0 Å². The topological polar surface area (TPSA) is 16.4 Å². The molecule has 0 saturated carbocycles. The summed E-state index contributed by atoms with van der Waals surface area (Å²) in [7, 11) is 0. The molecular formula is C52H33NO. The Balaban J connectivity index is 1.01. The first-order valence-electron chi connectivity index (χ1n) is 18.5. The summed E-state index contributed by atoms with van der Waals surface area (Å²) in [6.45, 7) is 0. The maximum atomic E-state index is 6.22. The third-order valence-electron chi connectivity index (χ3n) is 11.0. The Morgan fingerprint density at radius 1 is 0.278 bits per heavy atom. The molecule has 0 bridgehead atoms. The second-order valence-corrected chi connectivity index (χ2v) is 14.2. The van der Waals surface area contributed by atoms with Crippen molar-refractivity contribution in [3.05, 3.63) is 200 Å². The normalized spacial score (nSPS) is 11.7. The van der Waals surface area contributed by atoms with Crippen molar-refractivity contribution >= 4 is 82.1 Å². The van der Waals surface area contributed by atoms with Crippen molar-refractivity contribution in [3.63, 3.8) is 0 Å². The number of fused-ring (bicyclic) bond motifs is 9. The molecule has 11 aromatic rings. The lowest BCUT2D eigenvalue weighted by molar-refractivity contribution is 0.669. The lowest BCUT2D eigenvalue weighted by Crippen LogP contribution is -2.09. The minimum Gasteiger partial charge on any atom is -0.456 e. The molecule has 0 unspecified atom stereocenters. The molecule has 10 aromatic carbocycles. The number of anilines is 3. The smallest absolute Gasteiger partial charge is 0.136 e. The Kier molecular flexibility index (Phi) is 6.90. The van der Waals surface area contributed by atoms with E-state index in [1.54, 1.807) is 0 Å². The molecule has 0 fully saturated rings. The predicted octanol–water partition coefficient (Wildman–Crippen LogP) is 15.0. The van der Waals surface area contributed by atoms with Crippen LogP contribution >= 0.6 is 0 Å². The summed E-state index contributed by atoms with van der Waals surface area (Å²) in [6, 6.07) is 72.4. The van der Waals surface area contributed by atoms with Gasteiger partial charge in [0.05, 0.1) is 0 Å². The molecule has 0 atom stereocenters. The fourth-order valence-corrected chi connectivity index (χ4v) is 8.29. The first kappa shape index (κ1) is 30.5. The van der Waals surface area contributed by atoms with Gasteiger partial charge in [0.1, 0.15) is 11.2 Å². The highest BCUT2D eigenvalue weighted by atomic mass is 16.3. The summed E-state index contributed by atoms with van der Waals surface area (Å²) >= 11 is 0. The van der Waals surface area contributed by atoms with Gasteiger partial charge in [-0.2, -0.15) is 0 Å². The van der Waals surface area contributed by atoms with Crippen molar-refractivity contribution in [3.8, 4) is 22.3 Å². The Morgan fingerprint density at radius 2 is 0.852 bits per heavy atom. The number of para-hydroxylation sites is 1. The van der Waals surface area contributed by atoms with Crippen LogP contribution in [0.25, 0.3) is 87.3 Å². The van der Waals surface area contributed by atoms with Crippen molar-refractivity contribution in [2.75, 3.05) is 4.90 Å². The zero-order chi connectivity index (χ0) is 35.6. The number of nitrogens with zero attached hydrogens (tertiary/aromatic N) is 1. The van der Waals surface area contributed by atoms with E-state index in [9.17, 15) is 0 Å². The number of furan rings is 1. The zero-order valence-corrected chi connectivity index (χ0v) is 29.4. The molecule has 252 valence electrons. The summed E-state index contributed by atoms with van der Waals surface area (Å²) in [6.07, 6.45) is 0. The average Bonchev–Trinajstić information content (AvgIpc) is 3.60. The monoisotopic (exact) mass is 687 g/mol. The fourth-order valence-electron chi connectivity index (χ4n) is 8.29. The molecule has 2 nitrogen and oxygen atoms in total. The zero-order valence-electron chi connectivity index (χ0n) is 29.4. The van der Waals surface area contributed by atoms with Gasteiger partial charge < -0.3 is 9.32 Å². The van der Waals surface area contributed by atoms with Crippen LogP contribution in [0.3, 0.4) is 0 Å². The third kappa shape index (κ3) is 5.03. The highest BCUT2D eigenvalue weighted by Gasteiger charge is 2.16. The predicted molar refractivity (Wildman–Crippen MR) is 229 cm³/mol. The van der Waals surface area contributed by atoms with Crippen molar-refractivity contribution in [2.45, 2.75) is 0 Å². The van der Waals surface area contributed by atoms with E-state index in [1.807, 2.05) is 12.1 Å². The molecule has 0 saturated heterocycles. The van der Waals surface area contributed by atoms with E-state index in [4.69, 9.17) is 4.42 Å². The van der Waals surface area contributed by atoms with Crippen LogP contribution in [0.1, 0.15) is 0 Å². The van der Waals surface area contributed by atoms with E-state index < -0.39 is 0 Å². The van der Waals surface area contributed by atoms with E-state index >= 15 is 0 Å². The second-order valence-electron chi connectivity index (χ2n) is 14.2. The van der Waals surface area contributed by atoms with Crippen LogP contribution in [0.15, 0.2) is 205 Å². The molecule has 0 radical (unpaired) electrons. The maximum absolute atomic E-state index is 6.22. The summed E-state index contributed by atoms with van der Waals surface area (Å²) in [5.74, 6) is 0. The van der Waals surface area contributed by atoms with Gasteiger partial charge in [-0.15, -0.1) is 0 Å². The van der Waals surface area contributed by atoms with E-state index in [0.29, 0.717) is 0 Å². The molecule has 2 heteroatoms. The van der Waals surface area contributed by atoms with Crippen LogP contribution < -0.4 is 4.90 Å². The number of hydrogen-bond donors (Lipinski definition) is 0. The van der Waals surface area contributed by atoms with E-state index in [0.717, 1.165) is 44.4 Å². The first-order valence-corrected chi connectivity index (χ1v) is 18.5. The summed E-state index contributed by atoms with van der Waals surface area (Å²) in [5, 5.41) is 12.3. The molecule has 0 aliphatic rings. The van der Waals surface area contributed by atoms with Crippen LogP contribution in [-0.4, -0.2) is 0 Å². The quantitative estimate of drug-likeness (QED) is 0.168. The molecule has 0 amide bonds. The summed E-state index contributed by atoms with van der Waals surface area (Å²) in [4.78, 5) is 2.35. The Labute approximate surface area is 312 Å². The van der Waals surface area contributed by atoms with Crippen LogP contribution in [-0.2, 0) is 0 Å². The molecule has 1 heterocycles. The van der Waals surface area contributed by atoms with Gasteiger partial charge in [0, 0.05) is 27.8 Å². The first-order chi connectivity index (χ1) is 26.7. The molecule has 11 rings (SSSR count). The minimum atomic E-state index is 0.913. The largest absolute Gasteiger partial charge is 0.456 e. The van der Waals surface area contributed by atoms with Crippen molar-refractivity contribution in [1.29, 1.82) is 0 Å². The molecule has 0 aliphatic heterocycles. The Hall–Kier alpha value is -7.16. The van der Waals surface area contributed by atoms with Crippen LogP contribution in [0.2, 0.25) is 0 Å². The molecule has 54 heavy (non-hydrogen) atoms. The molecular weight excluding hydrogens is 655 g/mol. The molecule has 0 aliphatic carbocycles. The van der Waals surface area contributed by atoms with Gasteiger partial charge in [0.25, 0.3) is 0 Å². The maximum Gasteiger partial charge on any atom is 0.136 e. The molecule has 0 N–H and O–H groups in total. The third-order valence-corrected chi connectivity index (χ3v) is 11.0. The molecule has 0 spiro atoms. The van der Waals surface area contributed by atoms with Crippen LogP contribution in [0.4, 0.5) is 17.1 Å². The highest BCUT2D eigenvalue weighted by Crippen LogP contribution is 2.40. The standard InChI is InChI=1S/C52H33NO/c1-2-8-34(9-3-1)35-18-24-43(25-19-35)53(45-28-22-40-33-51-49(32-42(40)31-45)48-12-6-7-13-50(48)54-51)44-26-20-36(21-27-44)39-23-29-47-41(30-39)17-16-38-15-14-37-10-4-5-11-46(37)52(38)47/h1-33H. The van der Waals surface area contributed by atoms with Crippen molar-refractivity contribution < 1.29 is 4.42 Å². The number of benzene rings is 10. The fraction of sp³-hybridized carbons (Fsp3) is 0. The lowest BCUT2D eigenvalue weighted by Gasteiger charge is -2.26.